The predicted octanol–water partition coefficient (Wildman–Crippen LogP) is 3.06. The number of carbonyl (C=O) groups excluding carboxylic acids is 2. The van der Waals surface area contributed by atoms with E-state index in [0.717, 1.165) is 10.4 Å². The fraction of sp³-hybridized carbons (Fsp3) is 0.353. The summed E-state index contributed by atoms with van der Waals surface area (Å²) in [5.41, 5.74) is 2.45. The molecule has 1 aromatic heterocycles. The summed E-state index contributed by atoms with van der Waals surface area (Å²) in [6, 6.07) is 9.64. The van der Waals surface area contributed by atoms with Crippen LogP contribution in [0.5, 0.6) is 0 Å². The minimum Gasteiger partial charge on any atom is -0.444 e. The number of rotatable bonds is 5. The average molecular weight is 347 g/mol. The van der Waals surface area contributed by atoms with Gasteiger partial charge in [0.15, 0.2) is 0 Å². The third kappa shape index (κ3) is 5.34. The van der Waals surface area contributed by atoms with E-state index >= 15 is 0 Å². The number of amides is 2. The highest BCUT2D eigenvalue weighted by molar-refractivity contribution is 7.13. The molecule has 0 saturated carbocycles. The number of hydrogen-bond donors (Lipinski definition) is 2. The highest BCUT2D eigenvalue weighted by atomic mass is 32.1. The standard InChI is InChI=1S/C17H21N3O3S/c1-17(2,3)23-16(22)19-10-9-18-15(21)13-14(24-11-20-13)12-7-5-4-6-8-12/h4-8,11H,9-10H2,1-3H3,(H,18,21)(H,19,22). The third-order valence-electron chi connectivity index (χ3n) is 2.90. The first-order valence-electron chi connectivity index (χ1n) is 7.61. The van der Waals surface area contributed by atoms with Gasteiger partial charge >= 0.3 is 6.09 Å². The van der Waals surface area contributed by atoms with Gasteiger partial charge in [-0.25, -0.2) is 9.78 Å². The van der Waals surface area contributed by atoms with Crippen molar-refractivity contribution in [3.05, 3.63) is 41.5 Å². The fourth-order valence-electron chi connectivity index (χ4n) is 1.94. The van der Waals surface area contributed by atoms with E-state index < -0.39 is 11.7 Å². The van der Waals surface area contributed by atoms with Gasteiger partial charge in [-0.15, -0.1) is 11.3 Å². The number of thiazole rings is 1. The van der Waals surface area contributed by atoms with Gasteiger partial charge in [0.1, 0.15) is 11.3 Å². The van der Waals surface area contributed by atoms with Crippen molar-refractivity contribution in [2.24, 2.45) is 0 Å². The second-order valence-corrected chi connectivity index (χ2v) is 6.94. The molecule has 0 aliphatic rings. The van der Waals surface area contributed by atoms with Gasteiger partial charge in [-0.1, -0.05) is 30.3 Å². The number of ether oxygens (including phenoxy) is 1. The lowest BCUT2D eigenvalue weighted by molar-refractivity contribution is 0.0526. The van der Waals surface area contributed by atoms with Crippen LogP contribution in [-0.4, -0.2) is 35.7 Å². The van der Waals surface area contributed by atoms with Crippen molar-refractivity contribution < 1.29 is 14.3 Å². The van der Waals surface area contributed by atoms with Gasteiger partial charge < -0.3 is 15.4 Å². The Bertz CT molecular complexity index is 693. The summed E-state index contributed by atoms with van der Waals surface area (Å²) in [5, 5.41) is 5.34. The third-order valence-corrected chi connectivity index (χ3v) is 3.77. The molecule has 1 heterocycles. The molecule has 1 aromatic carbocycles. The Morgan fingerprint density at radius 2 is 1.79 bits per heavy atom. The summed E-state index contributed by atoms with van der Waals surface area (Å²) < 4.78 is 5.12. The Morgan fingerprint density at radius 1 is 1.12 bits per heavy atom. The summed E-state index contributed by atoms with van der Waals surface area (Å²) in [6.07, 6.45) is -0.504. The van der Waals surface area contributed by atoms with Crippen molar-refractivity contribution in [3.63, 3.8) is 0 Å². The van der Waals surface area contributed by atoms with E-state index in [1.54, 1.807) is 26.3 Å². The first kappa shape index (κ1) is 17.9. The normalized spacial score (nSPS) is 11.0. The highest BCUT2D eigenvalue weighted by Crippen LogP contribution is 2.27. The van der Waals surface area contributed by atoms with E-state index in [9.17, 15) is 9.59 Å². The molecule has 24 heavy (non-hydrogen) atoms. The van der Waals surface area contributed by atoms with Gasteiger partial charge in [-0.3, -0.25) is 4.79 Å². The van der Waals surface area contributed by atoms with Crippen LogP contribution in [0.3, 0.4) is 0 Å². The lowest BCUT2D eigenvalue weighted by atomic mass is 10.1. The maximum absolute atomic E-state index is 12.3. The molecule has 0 fully saturated rings. The number of carbonyl (C=O) groups is 2. The Balaban J connectivity index is 1.84. The van der Waals surface area contributed by atoms with Crippen molar-refractivity contribution >= 4 is 23.3 Å². The van der Waals surface area contributed by atoms with E-state index in [2.05, 4.69) is 15.6 Å². The molecule has 0 bridgehead atoms. The molecule has 128 valence electrons. The van der Waals surface area contributed by atoms with Crippen LogP contribution in [0.4, 0.5) is 4.79 Å². The Hall–Kier alpha value is -2.41. The van der Waals surface area contributed by atoms with Crippen LogP contribution >= 0.6 is 11.3 Å². The predicted molar refractivity (Wildman–Crippen MR) is 94.1 cm³/mol. The first-order chi connectivity index (χ1) is 11.4. The number of alkyl carbamates (subject to hydrolysis) is 1. The van der Waals surface area contributed by atoms with E-state index in [0.29, 0.717) is 12.2 Å². The molecule has 7 heteroatoms. The monoisotopic (exact) mass is 347 g/mol. The summed E-state index contributed by atoms with van der Waals surface area (Å²) in [6.45, 7) is 5.96. The molecule has 0 aliphatic carbocycles. The zero-order chi connectivity index (χ0) is 17.6. The molecule has 6 nitrogen and oxygen atoms in total. The van der Waals surface area contributed by atoms with Crippen LogP contribution in [0.1, 0.15) is 31.3 Å². The van der Waals surface area contributed by atoms with Crippen molar-refractivity contribution in [2.75, 3.05) is 13.1 Å². The lowest BCUT2D eigenvalue weighted by Gasteiger charge is -2.19. The quantitative estimate of drug-likeness (QED) is 0.815. The molecule has 0 unspecified atom stereocenters. The fourth-order valence-corrected chi connectivity index (χ4v) is 2.73. The maximum Gasteiger partial charge on any atom is 0.407 e. The van der Waals surface area contributed by atoms with Gasteiger partial charge in [0.05, 0.1) is 10.4 Å². The zero-order valence-corrected chi connectivity index (χ0v) is 14.8. The summed E-state index contributed by atoms with van der Waals surface area (Å²) in [4.78, 5) is 28.8. The van der Waals surface area contributed by atoms with Gasteiger partial charge in [-0.05, 0) is 26.3 Å². The molecule has 0 spiro atoms. The van der Waals surface area contributed by atoms with Gasteiger partial charge in [0, 0.05) is 13.1 Å². The van der Waals surface area contributed by atoms with Crippen LogP contribution in [-0.2, 0) is 4.74 Å². The Kier molecular flexibility index (Phi) is 5.92. The molecule has 0 atom stereocenters. The highest BCUT2D eigenvalue weighted by Gasteiger charge is 2.17. The second kappa shape index (κ2) is 7.92. The smallest absolute Gasteiger partial charge is 0.407 e. The van der Waals surface area contributed by atoms with E-state index in [4.69, 9.17) is 4.74 Å². The topological polar surface area (TPSA) is 80.3 Å². The van der Waals surface area contributed by atoms with Crippen molar-refractivity contribution in [2.45, 2.75) is 26.4 Å². The molecule has 0 saturated heterocycles. The summed E-state index contributed by atoms with van der Waals surface area (Å²) in [5.74, 6) is -0.263. The number of benzene rings is 1. The number of nitrogens with one attached hydrogen (secondary N) is 2. The number of aromatic nitrogens is 1. The second-order valence-electron chi connectivity index (χ2n) is 6.08. The molecule has 0 radical (unpaired) electrons. The van der Waals surface area contributed by atoms with Gasteiger partial charge in [0.2, 0.25) is 0 Å². The van der Waals surface area contributed by atoms with Gasteiger partial charge in [-0.2, -0.15) is 0 Å². The molecular formula is C17H21N3O3S. The molecule has 2 rings (SSSR count). The maximum atomic E-state index is 12.3. The van der Waals surface area contributed by atoms with Crippen LogP contribution < -0.4 is 10.6 Å². The Labute approximate surface area is 145 Å². The van der Waals surface area contributed by atoms with Gasteiger partial charge in [0.25, 0.3) is 5.91 Å². The molecule has 0 aliphatic heterocycles. The molecular weight excluding hydrogens is 326 g/mol. The average Bonchev–Trinajstić information content (AvgIpc) is 3.00. The van der Waals surface area contributed by atoms with Crippen molar-refractivity contribution in [3.8, 4) is 10.4 Å². The van der Waals surface area contributed by atoms with Crippen molar-refractivity contribution in [1.82, 2.24) is 15.6 Å². The van der Waals surface area contributed by atoms with Crippen LogP contribution in [0.15, 0.2) is 35.8 Å². The lowest BCUT2D eigenvalue weighted by Crippen LogP contribution is -2.38. The number of nitrogens with zero attached hydrogens (tertiary/aromatic N) is 1. The summed E-state index contributed by atoms with van der Waals surface area (Å²) in [7, 11) is 0. The van der Waals surface area contributed by atoms with Crippen molar-refractivity contribution in [1.29, 1.82) is 0 Å². The minimum atomic E-state index is -0.543. The van der Waals surface area contributed by atoms with Crippen LogP contribution in [0, 0.1) is 0 Å². The first-order valence-corrected chi connectivity index (χ1v) is 8.49. The molecule has 2 amide bonds. The van der Waals surface area contributed by atoms with E-state index in [1.165, 1.54) is 11.3 Å². The van der Waals surface area contributed by atoms with E-state index in [-0.39, 0.29) is 12.5 Å². The number of hydrogen-bond acceptors (Lipinski definition) is 5. The summed E-state index contributed by atoms with van der Waals surface area (Å²) >= 11 is 1.42. The largest absolute Gasteiger partial charge is 0.444 e. The molecule has 2 N–H and O–H groups in total. The van der Waals surface area contributed by atoms with Crippen LogP contribution in [0.25, 0.3) is 10.4 Å². The Morgan fingerprint density at radius 3 is 2.46 bits per heavy atom. The van der Waals surface area contributed by atoms with Crippen LogP contribution in [0.2, 0.25) is 0 Å². The SMILES string of the molecule is CC(C)(C)OC(=O)NCCNC(=O)c1ncsc1-c1ccccc1. The minimum absolute atomic E-state index is 0.263. The van der Waals surface area contributed by atoms with E-state index in [1.807, 2.05) is 30.3 Å². The zero-order valence-electron chi connectivity index (χ0n) is 14.0. The molecule has 2 aromatic rings.